The van der Waals surface area contributed by atoms with Crippen LogP contribution in [0.25, 0.3) is 0 Å². The van der Waals surface area contributed by atoms with Gasteiger partial charge in [-0.2, -0.15) is 0 Å². The number of nitrogens with one attached hydrogen (secondary N) is 1. The third-order valence-corrected chi connectivity index (χ3v) is 3.52. The molecule has 1 N–H and O–H groups in total. The van der Waals surface area contributed by atoms with E-state index in [4.69, 9.17) is 0 Å². The number of nitrogens with zero attached hydrogens (tertiary/aromatic N) is 1. The lowest BCUT2D eigenvalue weighted by Gasteiger charge is -2.34. The minimum absolute atomic E-state index is 0.217. The molecule has 17 heavy (non-hydrogen) atoms. The quantitative estimate of drug-likeness (QED) is 0.800. The lowest BCUT2D eigenvalue weighted by Crippen LogP contribution is -2.44. The summed E-state index contributed by atoms with van der Waals surface area (Å²) >= 11 is 0. The summed E-state index contributed by atoms with van der Waals surface area (Å²) in [4.78, 5) is 2.40. The average Bonchev–Trinajstić information content (AvgIpc) is 2.28. The van der Waals surface area contributed by atoms with E-state index < -0.39 is 0 Å². The van der Waals surface area contributed by atoms with Gasteiger partial charge in [-0.05, 0) is 23.6 Å². The number of hydrogen-bond acceptors (Lipinski definition) is 2. The molecule has 2 heteroatoms. The molecule has 0 saturated carbocycles. The van der Waals surface area contributed by atoms with Crippen molar-refractivity contribution in [3.8, 4) is 0 Å². The van der Waals surface area contributed by atoms with Gasteiger partial charge in [0.25, 0.3) is 0 Å². The van der Waals surface area contributed by atoms with Crippen LogP contribution in [0.3, 0.4) is 0 Å². The van der Waals surface area contributed by atoms with E-state index in [1.54, 1.807) is 0 Å². The predicted octanol–water partition coefficient (Wildman–Crippen LogP) is 2.56. The van der Waals surface area contributed by atoms with Gasteiger partial charge in [-0.25, -0.2) is 0 Å². The van der Waals surface area contributed by atoms with Crippen molar-refractivity contribution < 1.29 is 0 Å². The molecule has 2 nitrogen and oxygen atoms in total. The lowest BCUT2D eigenvalue weighted by molar-refractivity contribution is 0.239. The second-order valence-corrected chi connectivity index (χ2v) is 6.11. The van der Waals surface area contributed by atoms with E-state index in [0.717, 1.165) is 19.6 Å². The highest BCUT2D eigenvalue weighted by Crippen LogP contribution is 2.30. The van der Waals surface area contributed by atoms with Gasteiger partial charge in [-0.1, -0.05) is 45.0 Å². The zero-order valence-corrected chi connectivity index (χ0v) is 11.5. The van der Waals surface area contributed by atoms with E-state index in [-0.39, 0.29) is 5.41 Å². The molecule has 1 aromatic rings. The first-order valence-electron chi connectivity index (χ1n) is 6.50. The van der Waals surface area contributed by atoms with Gasteiger partial charge in [0, 0.05) is 25.7 Å². The first-order chi connectivity index (χ1) is 7.98. The van der Waals surface area contributed by atoms with E-state index in [9.17, 15) is 0 Å². The molecule has 0 aromatic heterocycles. The molecule has 0 radical (unpaired) electrons. The summed E-state index contributed by atoms with van der Waals surface area (Å²) in [5.41, 5.74) is 3.15. The molecule has 0 spiro atoms. The third kappa shape index (κ3) is 2.88. The highest BCUT2D eigenvalue weighted by atomic mass is 15.2. The van der Waals surface area contributed by atoms with Crippen LogP contribution in [-0.2, 0) is 5.41 Å². The van der Waals surface area contributed by atoms with Gasteiger partial charge < -0.3 is 10.2 Å². The number of rotatable bonds is 1. The van der Waals surface area contributed by atoms with Gasteiger partial charge in [0.2, 0.25) is 0 Å². The summed E-state index contributed by atoms with van der Waals surface area (Å²) in [6.07, 6.45) is 0. The van der Waals surface area contributed by atoms with Crippen molar-refractivity contribution in [1.82, 2.24) is 10.2 Å². The fourth-order valence-electron chi connectivity index (χ4n) is 2.59. The van der Waals surface area contributed by atoms with Crippen LogP contribution in [0.2, 0.25) is 0 Å². The topological polar surface area (TPSA) is 15.3 Å². The average molecular weight is 232 g/mol. The lowest BCUT2D eigenvalue weighted by atomic mass is 9.81. The highest BCUT2D eigenvalue weighted by Gasteiger charge is 2.24. The molecule has 0 aliphatic carbocycles. The molecule has 94 valence electrons. The monoisotopic (exact) mass is 232 g/mol. The Labute approximate surface area is 105 Å². The maximum Gasteiger partial charge on any atom is 0.0452 e. The van der Waals surface area contributed by atoms with Crippen molar-refractivity contribution in [2.75, 3.05) is 26.7 Å². The normalized spacial score (nSPS) is 22.7. The molecule has 1 unspecified atom stereocenters. The van der Waals surface area contributed by atoms with Crippen LogP contribution < -0.4 is 5.32 Å². The maximum absolute atomic E-state index is 3.64. The van der Waals surface area contributed by atoms with Gasteiger partial charge in [-0.3, -0.25) is 0 Å². The summed E-state index contributed by atoms with van der Waals surface area (Å²) in [5.74, 6) is 0. The van der Waals surface area contributed by atoms with Crippen molar-refractivity contribution in [2.24, 2.45) is 0 Å². The van der Waals surface area contributed by atoms with E-state index in [0.29, 0.717) is 6.04 Å². The van der Waals surface area contributed by atoms with E-state index >= 15 is 0 Å². The Balaban J connectivity index is 2.31. The van der Waals surface area contributed by atoms with Crippen molar-refractivity contribution >= 4 is 0 Å². The summed E-state index contributed by atoms with van der Waals surface area (Å²) < 4.78 is 0. The SMILES string of the molecule is CN1CCNC(c2ccccc2C(C)(C)C)C1. The summed E-state index contributed by atoms with van der Waals surface area (Å²) in [6, 6.07) is 9.32. The summed E-state index contributed by atoms with van der Waals surface area (Å²) in [7, 11) is 2.20. The van der Waals surface area contributed by atoms with E-state index in [2.05, 4.69) is 62.3 Å². The van der Waals surface area contributed by atoms with Crippen LogP contribution in [0.5, 0.6) is 0 Å². The molecule has 1 aliphatic rings. The Morgan fingerprint density at radius 3 is 2.59 bits per heavy atom. The van der Waals surface area contributed by atoms with E-state index in [1.165, 1.54) is 11.1 Å². The van der Waals surface area contributed by atoms with Gasteiger partial charge in [-0.15, -0.1) is 0 Å². The Morgan fingerprint density at radius 2 is 1.94 bits per heavy atom. The van der Waals surface area contributed by atoms with Gasteiger partial charge in [0.05, 0.1) is 0 Å². The second kappa shape index (κ2) is 4.79. The van der Waals surface area contributed by atoms with Crippen molar-refractivity contribution in [3.63, 3.8) is 0 Å². The Kier molecular flexibility index (Phi) is 3.55. The van der Waals surface area contributed by atoms with Gasteiger partial charge in [0.1, 0.15) is 0 Å². The standard InChI is InChI=1S/C15H24N2/c1-15(2,3)13-8-6-5-7-12(13)14-11-17(4)10-9-16-14/h5-8,14,16H,9-11H2,1-4H3. The number of benzene rings is 1. The third-order valence-electron chi connectivity index (χ3n) is 3.52. The summed E-state index contributed by atoms with van der Waals surface area (Å²) in [5, 5.41) is 3.64. The van der Waals surface area contributed by atoms with Gasteiger partial charge in [0.15, 0.2) is 0 Å². The number of piperazine rings is 1. The fourth-order valence-corrected chi connectivity index (χ4v) is 2.59. The minimum atomic E-state index is 0.217. The van der Waals surface area contributed by atoms with Crippen molar-refractivity contribution in [2.45, 2.75) is 32.2 Å². The summed E-state index contributed by atoms with van der Waals surface area (Å²) in [6.45, 7) is 10.2. The maximum atomic E-state index is 3.64. The highest BCUT2D eigenvalue weighted by molar-refractivity contribution is 5.35. The zero-order valence-electron chi connectivity index (χ0n) is 11.5. The Bertz CT molecular complexity index is 379. The molecule has 1 fully saturated rings. The second-order valence-electron chi connectivity index (χ2n) is 6.11. The van der Waals surface area contributed by atoms with Crippen LogP contribution in [0.1, 0.15) is 37.9 Å². The fraction of sp³-hybridized carbons (Fsp3) is 0.600. The van der Waals surface area contributed by atoms with Gasteiger partial charge >= 0.3 is 0 Å². The first kappa shape index (κ1) is 12.6. The smallest absolute Gasteiger partial charge is 0.0452 e. The molecule has 0 amide bonds. The minimum Gasteiger partial charge on any atom is -0.308 e. The predicted molar refractivity (Wildman–Crippen MR) is 73.4 cm³/mol. The molecular weight excluding hydrogens is 208 g/mol. The van der Waals surface area contributed by atoms with Crippen molar-refractivity contribution in [3.05, 3.63) is 35.4 Å². The molecular formula is C15H24N2. The molecule has 1 atom stereocenters. The largest absolute Gasteiger partial charge is 0.308 e. The molecule has 1 heterocycles. The van der Waals surface area contributed by atoms with Crippen LogP contribution in [-0.4, -0.2) is 31.6 Å². The molecule has 1 saturated heterocycles. The van der Waals surface area contributed by atoms with Crippen LogP contribution in [0, 0.1) is 0 Å². The molecule has 1 aromatic carbocycles. The van der Waals surface area contributed by atoms with Crippen LogP contribution in [0.15, 0.2) is 24.3 Å². The number of likely N-dealkylation sites (N-methyl/N-ethyl adjacent to an activating group) is 1. The molecule has 1 aliphatic heterocycles. The van der Waals surface area contributed by atoms with Crippen LogP contribution in [0.4, 0.5) is 0 Å². The molecule has 0 bridgehead atoms. The van der Waals surface area contributed by atoms with E-state index in [1.807, 2.05) is 0 Å². The number of hydrogen-bond donors (Lipinski definition) is 1. The van der Waals surface area contributed by atoms with Crippen molar-refractivity contribution in [1.29, 1.82) is 0 Å². The molecule has 2 rings (SSSR count). The first-order valence-corrected chi connectivity index (χ1v) is 6.50. The Hall–Kier alpha value is -0.860. The Morgan fingerprint density at radius 1 is 1.24 bits per heavy atom. The zero-order chi connectivity index (χ0) is 12.5. The van der Waals surface area contributed by atoms with Crippen LogP contribution >= 0.6 is 0 Å².